The smallest absolute Gasteiger partial charge is 0.233 e. The van der Waals surface area contributed by atoms with E-state index in [0.29, 0.717) is 17.4 Å². The van der Waals surface area contributed by atoms with E-state index in [1.165, 1.54) is 0 Å². The Hall–Kier alpha value is -2.07. The second-order valence-electron chi connectivity index (χ2n) is 4.35. The minimum Gasteiger partial charge on any atom is -0.384 e. The lowest BCUT2D eigenvalue weighted by molar-refractivity contribution is -0.117. The van der Waals surface area contributed by atoms with E-state index in [0.717, 1.165) is 11.3 Å². The number of carbonyl (C=O) groups excluding carboxylic acids is 1. The van der Waals surface area contributed by atoms with E-state index in [2.05, 4.69) is 15.6 Å². The van der Waals surface area contributed by atoms with E-state index in [1.54, 1.807) is 18.3 Å². The second kappa shape index (κ2) is 4.90. The van der Waals surface area contributed by atoms with Crippen LogP contribution in [-0.4, -0.2) is 17.4 Å². The SMILES string of the molecule is O=C(Nc1cccnc1Cl)C1CNc2ccccc21. The molecule has 2 aromatic rings. The zero-order valence-corrected chi connectivity index (χ0v) is 10.8. The highest BCUT2D eigenvalue weighted by molar-refractivity contribution is 6.32. The summed E-state index contributed by atoms with van der Waals surface area (Å²) in [4.78, 5) is 16.2. The van der Waals surface area contributed by atoms with Crippen LogP contribution in [0, 0.1) is 0 Å². The number of aromatic nitrogens is 1. The highest BCUT2D eigenvalue weighted by Crippen LogP contribution is 2.32. The highest BCUT2D eigenvalue weighted by atomic mass is 35.5. The van der Waals surface area contributed by atoms with Crippen LogP contribution in [0.1, 0.15) is 11.5 Å². The minimum absolute atomic E-state index is 0.0765. The van der Waals surface area contributed by atoms with Gasteiger partial charge in [0.2, 0.25) is 5.91 Å². The van der Waals surface area contributed by atoms with Crippen LogP contribution in [0.25, 0.3) is 0 Å². The van der Waals surface area contributed by atoms with E-state index < -0.39 is 0 Å². The number of fused-ring (bicyclic) bond motifs is 1. The number of amides is 1. The molecule has 0 radical (unpaired) electrons. The van der Waals surface area contributed by atoms with Gasteiger partial charge in [0, 0.05) is 18.4 Å². The summed E-state index contributed by atoms with van der Waals surface area (Å²) in [5, 5.41) is 6.34. The molecular weight excluding hydrogens is 262 g/mol. The topological polar surface area (TPSA) is 54.0 Å². The normalized spacial score (nSPS) is 16.6. The van der Waals surface area contributed by atoms with Gasteiger partial charge in [-0.2, -0.15) is 0 Å². The first-order chi connectivity index (χ1) is 9.25. The van der Waals surface area contributed by atoms with Gasteiger partial charge in [-0.05, 0) is 23.8 Å². The summed E-state index contributed by atoms with van der Waals surface area (Å²) in [6.07, 6.45) is 1.59. The van der Waals surface area contributed by atoms with E-state index >= 15 is 0 Å². The Morgan fingerprint density at radius 2 is 2.16 bits per heavy atom. The molecular formula is C14H12ClN3O. The fourth-order valence-corrected chi connectivity index (χ4v) is 2.38. The summed E-state index contributed by atoms with van der Waals surface area (Å²) in [5.74, 6) is -0.278. The Balaban J connectivity index is 1.81. The lowest BCUT2D eigenvalue weighted by Gasteiger charge is -2.11. The van der Waals surface area contributed by atoms with Gasteiger partial charge in [0.05, 0.1) is 11.6 Å². The maximum absolute atomic E-state index is 12.3. The molecule has 4 nitrogen and oxygen atoms in total. The summed E-state index contributed by atoms with van der Waals surface area (Å²) in [6.45, 7) is 0.600. The summed E-state index contributed by atoms with van der Waals surface area (Å²) >= 11 is 5.93. The van der Waals surface area contributed by atoms with Gasteiger partial charge in [0.1, 0.15) is 0 Å². The van der Waals surface area contributed by atoms with Crippen molar-refractivity contribution in [1.29, 1.82) is 0 Å². The quantitative estimate of drug-likeness (QED) is 0.827. The van der Waals surface area contributed by atoms with Crippen LogP contribution in [0.3, 0.4) is 0 Å². The molecule has 0 aliphatic carbocycles. The number of nitrogens with zero attached hydrogens (tertiary/aromatic N) is 1. The number of hydrogen-bond acceptors (Lipinski definition) is 3. The van der Waals surface area contributed by atoms with Crippen LogP contribution in [-0.2, 0) is 4.79 Å². The molecule has 96 valence electrons. The third kappa shape index (κ3) is 2.27. The van der Waals surface area contributed by atoms with Crippen molar-refractivity contribution in [2.45, 2.75) is 5.92 Å². The monoisotopic (exact) mass is 273 g/mol. The van der Waals surface area contributed by atoms with Gasteiger partial charge >= 0.3 is 0 Å². The van der Waals surface area contributed by atoms with Crippen molar-refractivity contribution in [1.82, 2.24) is 4.98 Å². The molecule has 0 saturated heterocycles. The molecule has 0 saturated carbocycles. The molecule has 3 rings (SSSR count). The highest BCUT2D eigenvalue weighted by Gasteiger charge is 2.28. The number of carbonyl (C=O) groups is 1. The average Bonchev–Trinajstić information content (AvgIpc) is 2.85. The fraction of sp³-hybridized carbons (Fsp3) is 0.143. The first-order valence-electron chi connectivity index (χ1n) is 6.00. The molecule has 1 unspecified atom stereocenters. The van der Waals surface area contributed by atoms with Gasteiger partial charge < -0.3 is 10.6 Å². The molecule has 0 spiro atoms. The summed E-state index contributed by atoms with van der Waals surface area (Å²) in [7, 11) is 0. The van der Waals surface area contributed by atoms with Crippen molar-refractivity contribution < 1.29 is 4.79 Å². The molecule has 1 aromatic carbocycles. The first kappa shape index (κ1) is 12.0. The van der Waals surface area contributed by atoms with Gasteiger partial charge in [-0.15, -0.1) is 0 Å². The fourth-order valence-electron chi connectivity index (χ4n) is 2.22. The number of pyridine rings is 1. The van der Waals surface area contributed by atoms with Gasteiger partial charge in [-0.1, -0.05) is 29.8 Å². The van der Waals surface area contributed by atoms with Crippen molar-refractivity contribution in [2.24, 2.45) is 0 Å². The van der Waals surface area contributed by atoms with Crippen LogP contribution in [0.5, 0.6) is 0 Å². The molecule has 0 bridgehead atoms. The number of hydrogen-bond donors (Lipinski definition) is 2. The van der Waals surface area contributed by atoms with Crippen LogP contribution < -0.4 is 10.6 Å². The Labute approximate surface area is 115 Å². The number of halogens is 1. The van der Waals surface area contributed by atoms with Gasteiger partial charge in [0.25, 0.3) is 0 Å². The van der Waals surface area contributed by atoms with Gasteiger partial charge in [0.15, 0.2) is 5.15 Å². The zero-order valence-electron chi connectivity index (χ0n) is 10.1. The molecule has 0 fully saturated rings. The van der Waals surface area contributed by atoms with Crippen molar-refractivity contribution in [3.63, 3.8) is 0 Å². The van der Waals surface area contributed by atoms with Crippen LogP contribution >= 0.6 is 11.6 Å². The first-order valence-corrected chi connectivity index (χ1v) is 6.37. The summed E-state index contributed by atoms with van der Waals surface area (Å²) in [6, 6.07) is 11.3. The Kier molecular flexibility index (Phi) is 3.09. The molecule has 1 aliphatic heterocycles. The third-order valence-corrected chi connectivity index (χ3v) is 3.47. The van der Waals surface area contributed by atoms with Crippen molar-refractivity contribution in [3.8, 4) is 0 Å². The van der Waals surface area contributed by atoms with E-state index in [4.69, 9.17) is 11.6 Å². The molecule has 1 atom stereocenters. The average molecular weight is 274 g/mol. The number of nitrogens with one attached hydrogen (secondary N) is 2. The molecule has 19 heavy (non-hydrogen) atoms. The maximum Gasteiger partial charge on any atom is 0.233 e. The minimum atomic E-state index is -0.201. The number of benzene rings is 1. The van der Waals surface area contributed by atoms with Crippen molar-refractivity contribution in [3.05, 3.63) is 53.3 Å². The van der Waals surface area contributed by atoms with E-state index in [-0.39, 0.29) is 11.8 Å². The molecule has 5 heteroatoms. The molecule has 1 aromatic heterocycles. The lowest BCUT2D eigenvalue weighted by Crippen LogP contribution is -2.22. The largest absolute Gasteiger partial charge is 0.384 e. The predicted octanol–water partition coefficient (Wildman–Crippen LogP) is 2.88. The Morgan fingerprint density at radius 1 is 1.32 bits per heavy atom. The number of anilines is 2. The van der Waals surface area contributed by atoms with Gasteiger partial charge in [-0.25, -0.2) is 4.98 Å². The molecule has 1 amide bonds. The van der Waals surface area contributed by atoms with Crippen molar-refractivity contribution >= 4 is 28.9 Å². The Morgan fingerprint density at radius 3 is 3.00 bits per heavy atom. The van der Waals surface area contributed by atoms with Gasteiger partial charge in [-0.3, -0.25) is 4.79 Å². The predicted molar refractivity (Wildman–Crippen MR) is 75.5 cm³/mol. The number of rotatable bonds is 2. The Bertz CT molecular complexity index is 630. The zero-order chi connectivity index (χ0) is 13.2. The number of para-hydroxylation sites is 1. The molecule has 1 aliphatic rings. The lowest BCUT2D eigenvalue weighted by atomic mass is 10.0. The van der Waals surface area contributed by atoms with E-state index in [9.17, 15) is 4.79 Å². The summed E-state index contributed by atoms with van der Waals surface area (Å²) in [5.41, 5.74) is 2.57. The molecule has 2 N–H and O–H groups in total. The van der Waals surface area contributed by atoms with Crippen LogP contribution in [0.15, 0.2) is 42.6 Å². The summed E-state index contributed by atoms with van der Waals surface area (Å²) < 4.78 is 0. The molecule has 2 heterocycles. The van der Waals surface area contributed by atoms with Crippen molar-refractivity contribution in [2.75, 3.05) is 17.2 Å². The second-order valence-corrected chi connectivity index (χ2v) is 4.71. The van der Waals surface area contributed by atoms with Crippen LogP contribution in [0.2, 0.25) is 5.15 Å². The standard InChI is InChI=1S/C14H12ClN3O/c15-13-12(6-3-7-16-13)18-14(19)10-8-17-11-5-2-1-4-9(10)11/h1-7,10,17H,8H2,(H,18,19). The third-order valence-electron chi connectivity index (χ3n) is 3.17. The van der Waals surface area contributed by atoms with Crippen LogP contribution in [0.4, 0.5) is 11.4 Å². The van der Waals surface area contributed by atoms with E-state index in [1.807, 2.05) is 24.3 Å². The maximum atomic E-state index is 12.3.